The first-order chi connectivity index (χ1) is 9.56. The molecule has 1 aromatic carbocycles. The molecule has 0 spiro atoms. The lowest BCUT2D eigenvalue weighted by molar-refractivity contribution is -0.115. The molecule has 0 saturated heterocycles. The number of carboxylic acids is 1. The van der Waals surface area contributed by atoms with E-state index in [1.807, 2.05) is 24.3 Å². The SMILES string of the molecule is NC(=O)CSCc1cccc(-c2nc(C(=O)O)cs2)c1. The van der Waals surface area contributed by atoms with Crippen LogP contribution in [-0.4, -0.2) is 27.7 Å². The molecule has 0 aliphatic carbocycles. The summed E-state index contributed by atoms with van der Waals surface area (Å²) in [4.78, 5) is 25.6. The van der Waals surface area contributed by atoms with E-state index in [9.17, 15) is 9.59 Å². The molecule has 0 fully saturated rings. The van der Waals surface area contributed by atoms with Gasteiger partial charge < -0.3 is 10.8 Å². The topological polar surface area (TPSA) is 93.3 Å². The van der Waals surface area contributed by atoms with Gasteiger partial charge in [-0.15, -0.1) is 23.1 Å². The van der Waals surface area contributed by atoms with Crippen LogP contribution < -0.4 is 5.73 Å². The Kier molecular flexibility index (Phi) is 4.75. The molecule has 1 heterocycles. The van der Waals surface area contributed by atoms with Crippen molar-refractivity contribution >= 4 is 35.0 Å². The summed E-state index contributed by atoms with van der Waals surface area (Å²) in [5.74, 6) is -0.406. The molecule has 0 aliphatic rings. The van der Waals surface area contributed by atoms with Crippen molar-refractivity contribution in [1.29, 1.82) is 0 Å². The zero-order chi connectivity index (χ0) is 14.5. The van der Waals surface area contributed by atoms with E-state index in [1.165, 1.54) is 28.5 Å². The van der Waals surface area contributed by atoms with Gasteiger partial charge in [0.05, 0.1) is 5.75 Å². The van der Waals surface area contributed by atoms with E-state index in [0.29, 0.717) is 10.8 Å². The number of hydrogen-bond donors (Lipinski definition) is 2. The van der Waals surface area contributed by atoms with Crippen LogP contribution in [0.1, 0.15) is 16.1 Å². The quantitative estimate of drug-likeness (QED) is 0.853. The maximum Gasteiger partial charge on any atom is 0.355 e. The van der Waals surface area contributed by atoms with E-state index in [0.717, 1.165) is 11.1 Å². The molecule has 1 aromatic heterocycles. The van der Waals surface area contributed by atoms with Crippen molar-refractivity contribution in [3.63, 3.8) is 0 Å². The molecule has 2 aromatic rings. The maximum absolute atomic E-state index is 10.8. The number of thioether (sulfide) groups is 1. The number of primary amides is 1. The number of aromatic nitrogens is 1. The fraction of sp³-hybridized carbons (Fsp3) is 0.154. The summed E-state index contributed by atoms with van der Waals surface area (Å²) in [7, 11) is 0. The number of carbonyl (C=O) groups is 2. The first kappa shape index (κ1) is 14.5. The molecule has 104 valence electrons. The monoisotopic (exact) mass is 308 g/mol. The molecule has 3 N–H and O–H groups in total. The fourth-order valence-corrected chi connectivity index (χ4v) is 3.08. The van der Waals surface area contributed by atoms with E-state index in [2.05, 4.69) is 4.98 Å². The van der Waals surface area contributed by atoms with Crippen LogP contribution in [0.3, 0.4) is 0 Å². The predicted octanol–water partition coefficient (Wildman–Crippen LogP) is 2.23. The molecule has 2 rings (SSSR count). The Labute approximate surface area is 123 Å². The Morgan fingerprint density at radius 3 is 2.85 bits per heavy atom. The Bertz CT molecular complexity index is 640. The summed E-state index contributed by atoms with van der Waals surface area (Å²) in [5, 5.41) is 11.1. The molecule has 0 bridgehead atoms. The summed E-state index contributed by atoms with van der Waals surface area (Å²) >= 11 is 2.74. The van der Waals surface area contributed by atoms with Gasteiger partial charge in [0.25, 0.3) is 0 Å². The molecule has 0 saturated carbocycles. The molecule has 0 atom stereocenters. The molecular formula is C13H12N2O3S2. The van der Waals surface area contributed by atoms with Gasteiger partial charge in [-0.25, -0.2) is 9.78 Å². The highest BCUT2D eigenvalue weighted by Crippen LogP contribution is 2.25. The molecule has 20 heavy (non-hydrogen) atoms. The van der Waals surface area contributed by atoms with Gasteiger partial charge in [0.1, 0.15) is 5.01 Å². The highest BCUT2D eigenvalue weighted by atomic mass is 32.2. The van der Waals surface area contributed by atoms with Crippen LogP contribution in [0.5, 0.6) is 0 Å². The molecule has 0 aliphatic heterocycles. The number of carbonyl (C=O) groups excluding carboxylic acids is 1. The lowest BCUT2D eigenvalue weighted by atomic mass is 10.1. The van der Waals surface area contributed by atoms with Gasteiger partial charge >= 0.3 is 5.97 Å². The second-order valence-electron chi connectivity index (χ2n) is 4.00. The second-order valence-corrected chi connectivity index (χ2v) is 5.85. The number of nitrogens with two attached hydrogens (primary N) is 1. The third kappa shape index (κ3) is 3.82. The number of aromatic carboxylic acids is 1. The molecule has 5 nitrogen and oxygen atoms in total. The predicted molar refractivity (Wildman–Crippen MR) is 79.9 cm³/mol. The van der Waals surface area contributed by atoms with Crippen LogP contribution in [0.2, 0.25) is 0 Å². The smallest absolute Gasteiger partial charge is 0.355 e. The van der Waals surface area contributed by atoms with Gasteiger partial charge in [-0.3, -0.25) is 4.79 Å². The minimum Gasteiger partial charge on any atom is -0.476 e. The summed E-state index contributed by atoms with van der Waals surface area (Å²) in [6.07, 6.45) is 0. The standard InChI is InChI=1S/C13H12N2O3S2/c14-11(16)7-19-5-8-2-1-3-9(4-8)12-15-10(6-20-12)13(17)18/h1-4,6H,5,7H2,(H2,14,16)(H,17,18). The van der Waals surface area contributed by atoms with Gasteiger partial charge in [0.2, 0.25) is 5.91 Å². The first-order valence-corrected chi connectivity index (χ1v) is 7.74. The number of amides is 1. The average Bonchev–Trinajstić information content (AvgIpc) is 2.88. The highest BCUT2D eigenvalue weighted by Gasteiger charge is 2.10. The van der Waals surface area contributed by atoms with Gasteiger partial charge in [-0.05, 0) is 11.6 Å². The first-order valence-electron chi connectivity index (χ1n) is 5.70. The maximum atomic E-state index is 10.8. The zero-order valence-electron chi connectivity index (χ0n) is 10.4. The van der Waals surface area contributed by atoms with Crippen LogP contribution in [0.15, 0.2) is 29.6 Å². The molecule has 0 radical (unpaired) electrons. The number of thiazole rings is 1. The van der Waals surface area contributed by atoms with Gasteiger partial charge in [0, 0.05) is 16.7 Å². The molecule has 1 amide bonds. The van der Waals surface area contributed by atoms with Crippen molar-refractivity contribution in [2.45, 2.75) is 5.75 Å². The molecular weight excluding hydrogens is 296 g/mol. The summed E-state index contributed by atoms with van der Waals surface area (Å²) in [6, 6.07) is 7.66. The third-order valence-electron chi connectivity index (χ3n) is 2.41. The minimum absolute atomic E-state index is 0.0542. The second kappa shape index (κ2) is 6.53. The van der Waals surface area contributed by atoms with Crippen molar-refractivity contribution in [1.82, 2.24) is 4.98 Å². The minimum atomic E-state index is -1.03. The van der Waals surface area contributed by atoms with E-state index < -0.39 is 5.97 Å². The van der Waals surface area contributed by atoms with Crippen LogP contribution in [0, 0.1) is 0 Å². The van der Waals surface area contributed by atoms with Crippen LogP contribution >= 0.6 is 23.1 Å². The van der Waals surface area contributed by atoms with E-state index >= 15 is 0 Å². The molecule has 0 unspecified atom stereocenters. The number of nitrogens with zero attached hydrogens (tertiary/aromatic N) is 1. The van der Waals surface area contributed by atoms with Crippen molar-refractivity contribution < 1.29 is 14.7 Å². The summed E-state index contributed by atoms with van der Waals surface area (Å²) in [6.45, 7) is 0. The molecule has 7 heteroatoms. The van der Waals surface area contributed by atoms with Crippen molar-refractivity contribution in [2.75, 3.05) is 5.75 Å². The van der Waals surface area contributed by atoms with Crippen molar-refractivity contribution in [2.24, 2.45) is 5.73 Å². The van der Waals surface area contributed by atoms with Gasteiger partial charge in [0.15, 0.2) is 5.69 Å². The Morgan fingerprint density at radius 1 is 1.40 bits per heavy atom. The lowest BCUT2D eigenvalue weighted by Gasteiger charge is -2.02. The number of rotatable bonds is 6. The van der Waals surface area contributed by atoms with Crippen molar-refractivity contribution in [3.05, 3.63) is 40.9 Å². The Balaban J connectivity index is 2.12. The number of hydrogen-bond acceptors (Lipinski definition) is 5. The summed E-state index contributed by atoms with van der Waals surface area (Å²) < 4.78 is 0. The van der Waals surface area contributed by atoms with E-state index in [-0.39, 0.29) is 17.4 Å². The fourth-order valence-electron chi connectivity index (χ4n) is 1.57. The van der Waals surface area contributed by atoms with Crippen molar-refractivity contribution in [3.8, 4) is 10.6 Å². The number of carboxylic acid groups (broad SMARTS) is 1. The third-order valence-corrected chi connectivity index (χ3v) is 4.33. The normalized spacial score (nSPS) is 10.4. The van der Waals surface area contributed by atoms with E-state index in [4.69, 9.17) is 10.8 Å². The number of benzene rings is 1. The van der Waals surface area contributed by atoms with Gasteiger partial charge in [-0.1, -0.05) is 18.2 Å². The van der Waals surface area contributed by atoms with Crippen LogP contribution in [-0.2, 0) is 10.5 Å². The van der Waals surface area contributed by atoms with Crippen LogP contribution in [0.4, 0.5) is 0 Å². The largest absolute Gasteiger partial charge is 0.476 e. The van der Waals surface area contributed by atoms with Gasteiger partial charge in [-0.2, -0.15) is 0 Å². The Morgan fingerprint density at radius 2 is 2.20 bits per heavy atom. The van der Waals surface area contributed by atoms with Crippen LogP contribution in [0.25, 0.3) is 10.6 Å². The lowest BCUT2D eigenvalue weighted by Crippen LogP contribution is -2.13. The average molecular weight is 308 g/mol. The zero-order valence-corrected chi connectivity index (χ0v) is 12.0. The highest BCUT2D eigenvalue weighted by molar-refractivity contribution is 7.99. The van der Waals surface area contributed by atoms with E-state index in [1.54, 1.807) is 0 Å². The Hall–Kier alpha value is -1.86. The summed E-state index contributed by atoms with van der Waals surface area (Å²) in [5.41, 5.74) is 7.06.